The molecule has 188 valence electrons. The number of aromatic hydroxyl groups is 1. The highest BCUT2D eigenvalue weighted by Gasteiger charge is 2.17. The molecule has 4 aromatic rings. The number of fused-ring (bicyclic) bond motifs is 3. The largest absolute Gasteiger partial charge is 0.508 e. The highest BCUT2D eigenvalue weighted by atomic mass is 16.5. The monoisotopic (exact) mass is 485 g/mol. The van der Waals surface area contributed by atoms with Gasteiger partial charge in [0.25, 0.3) is 0 Å². The predicted molar refractivity (Wildman–Crippen MR) is 145 cm³/mol. The van der Waals surface area contributed by atoms with E-state index in [2.05, 4.69) is 11.5 Å². The van der Waals surface area contributed by atoms with Crippen LogP contribution in [0, 0.1) is 0 Å². The fraction of sp³-hybridized carbons (Fsp3) is 0.355. The number of carbonyl (C=O) groups is 2. The molecule has 0 saturated heterocycles. The lowest BCUT2D eigenvalue weighted by Gasteiger charge is -2.08. The maximum Gasteiger partial charge on any atom is 0.193 e. The summed E-state index contributed by atoms with van der Waals surface area (Å²) in [5, 5.41) is 11.5. The molecule has 1 heterocycles. The van der Waals surface area contributed by atoms with Crippen LogP contribution < -0.4 is 0 Å². The number of aromatic nitrogens is 1. The molecule has 36 heavy (non-hydrogen) atoms. The Balaban J connectivity index is 1.71. The Morgan fingerprint density at radius 1 is 0.778 bits per heavy atom. The van der Waals surface area contributed by atoms with Gasteiger partial charge < -0.3 is 14.4 Å². The molecule has 0 aliphatic carbocycles. The summed E-state index contributed by atoms with van der Waals surface area (Å²) in [5.74, 6) is 0.199. The molecule has 0 atom stereocenters. The van der Waals surface area contributed by atoms with Crippen LogP contribution in [0.15, 0.2) is 60.7 Å². The van der Waals surface area contributed by atoms with Gasteiger partial charge in [-0.15, -0.1) is 0 Å². The molecule has 0 aliphatic heterocycles. The molecule has 0 spiro atoms. The molecule has 0 bridgehead atoms. The van der Waals surface area contributed by atoms with Crippen molar-refractivity contribution in [2.75, 3.05) is 13.7 Å². The van der Waals surface area contributed by atoms with Crippen molar-refractivity contribution in [2.45, 2.75) is 58.4 Å². The number of nitrogens with zero attached hydrogens (tertiary/aromatic N) is 1. The van der Waals surface area contributed by atoms with Crippen molar-refractivity contribution in [3.8, 4) is 5.75 Å². The van der Waals surface area contributed by atoms with Gasteiger partial charge >= 0.3 is 0 Å². The lowest BCUT2D eigenvalue weighted by Crippen LogP contribution is -2.03. The molecule has 5 nitrogen and oxygen atoms in total. The van der Waals surface area contributed by atoms with Crippen LogP contribution in [0.2, 0.25) is 0 Å². The Labute approximate surface area is 212 Å². The Hall–Kier alpha value is -3.44. The topological polar surface area (TPSA) is 68.5 Å². The van der Waals surface area contributed by atoms with Gasteiger partial charge in [0.2, 0.25) is 0 Å². The fourth-order valence-electron chi connectivity index (χ4n) is 4.84. The van der Waals surface area contributed by atoms with Crippen molar-refractivity contribution in [1.29, 1.82) is 0 Å². The maximum atomic E-state index is 13.2. The summed E-state index contributed by atoms with van der Waals surface area (Å²) >= 11 is 0. The molecule has 0 fully saturated rings. The summed E-state index contributed by atoms with van der Waals surface area (Å²) in [6.45, 7) is 3.63. The Bertz CT molecular complexity index is 1350. The standard InChI is InChI=1S/C31H35NO4/c1-3-4-5-6-7-9-30(34)23-12-16-28-26(20-23)27-21-24(31(35)22-10-14-25(33)15-11-22)13-17-29(27)32(28)18-8-19-36-2/h10-17,20-21,33H,3-9,18-19H2,1-2H3. The van der Waals surface area contributed by atoms with Crippen LogP contribution in [-0.4, -0.2) is 35.0 Å². The summed E-state index contributed by atoms with van der Waals surface area (Å²) in [6, 6.07) is 18.0. The van der Waals surface area contributed by atoms with Gasteiger partial charge in [0.05, 0.1) is 0 Å². The number of Topliss-reactive ketones (excluding diaryl/α,β-unsaturated/α-hetero) is 1. The summed E-state index contributed by atoms with van der Waals surface area (Å²) in [7, 11) is 1.70. The average molecular weight is 486 g/mol. The normalized spacial score (nSPS) is 11.4. The van der Waals surface area contributed by atoms with Crippen molar-refractivity contribution in [3.05, 3.63) is 77.4 Å². The highest BCUT2D eigenvalue weighted by Crippen LogP contribution is 2.32. The number of aryl methyl sites for hydroxylation is 1. The lowest BCUT2D eigenvalue weighted by molar-refractivity contribution is 0.0978. The van der Waals surface area contributed by atoms with Gasteiger partial charge in [-0.25, -0.2) is 0 Å². The molecule has 0 amide bonds. The first-order valence-corrected chi connectivity index (χ1v) is 13.0. The van der Waals surface area contributed by atoms with Crippen molar-refractivity contribution < 1.29 is 19.4 Å². The molecular formula is C31H35NO4. The second-order valence-electron chi connectivity index (χ2n) is 9.43. The van der Waals surface area contributed by atoms with Crippen molar-refractivity contribution in [3.63, 3.8) is 0 Å². The molecular weight excluding hydrogens is 450 g/mol. The lowest BCUT2D eigenvalue weighted by atomic mass is 9.99. The molecule has 0 radical (unpaired) electrons. The van der Waals surface area contributed by atoms with Crippen molar-refractivity contribution in [2.24, 2.45) is 0 Å². The first-order chi connectivity index (χ1) is 17.5. The molecule has 1 aromatic heterocycles. The molecule has 5 heteroatoms. The number of phenolic OH excluding ortho intramolecular Hbond substituents is 1. The van der Waals surface area contributed by atoms with Crippen LogP contribution in [-0.2, 0) is 11.3 Å². The van der Waals surface area contributed by atoms with Gasteiger partial charge in [-0.1, -0.05) is 32.6 Å². The van der Waals surface area contributed by atoms with Crippen molar-refractivity contribution in [1.82, 2.24) is 4.57 Å². The third kappa shape index (κ3) is 5.68. The summed E-state index contributed by atoms with van der Waals surface area (Å²) in [6.07, 6.45) is 7.01. The van der Waals surface area contributed by atoms with Gasteiger partial charge in [0.15, 0.2) is 11.6 Å². The minimum absolute atomic E-state index is 0.100. The Morgan fingerprint density at radius 2 is 1.39 bits per heavy atom. The van der Waals surface area contributed by atoms with E-state index < -0.39 is 0 Å². The van der Waals surface area contributed by atoms with E-state index in [1.165, 1.54) is 31.4 Å². The van der Waals surface area contributed by atoms with E-state index in [-0.39, 0.29) is 17.3 Å². The van der Waals surface area contributed by atoms with Gasteiger partial charge in [-0.3, -0.25) is 9.59 Å². The van der Waals surface area contributed by atoms with Gasteiger partial charge in [-0.2, -0.15) is 0 Å². The second kappa shape index (κ2) is 12.0. The summed E-state index contributed by atoms with van der Waals surface area (Å²) < 4.78 is 7.51. The molecule has 0 unspecified atom stereocenters. The number of ether oxygens (including phenoxy) is 1. The Kier molecular flexibility index (Phi) is 8.55. The van der Waals surface area contributed by atoms with Gasteiger partial charge in [-0.05, 0) is 73.5 Å². The fourth-order valence-corrected chi connectivity index (χ4v) is 4.84. The number of carbonyl (C=O) groups excluding carboxylic acids is 2. The molecule has 4 rings (SSSR count). The first kappa shape index (κ1) is 25.6. The molecule has 1 N–H and O–H groups in total. The molecule has 3 aromatic carbocycles. The first-order valence-electron chi connectivity index (χ1n) is 13.0. The summed E-state index contributed by atoms with van der Waals surface area (Å²) in [5.41, 5.74) is 3.92. The van der Waals surface area contributed by atoms with Crippen LogP contribution in [0.25, 0.3) is 21.8 Å². The number of ketones is 2. The van der Waals surface area contributed by atoms with Crippen molar-refractivity contribution >= 4 is 33.4 Å². The third-order valence-electron chi connectivity index (χ3n) is 6.82. The van der Waals surface area contributed by atoms with Gasteiger partial charge in [0.1, 0.15) is 5.75 Å². The average Bonchev–Trinajstić information content (AvgIpc) is 3.21. The number of rotatable bonds is 13. The van der Waals surface area contributed by atoms with Crippen LogP contribution in [0.4, 0.5) is 0 Å². The van der Waals surface area contributed by atoms with E-state index in [9.17, 15) is 14.7 Å². The zero-order valence-electron chi connectivity index (χ0n) is 21.3. The zero-order chi connectivity index (χ0) is 25.5. The quantitative estimate of drug-likeness (QED) is 0.159. The highest BCUT2D eigenvalue weighted by molar-refractivity contribution is 6.15. The van der Waals surface area contributed by atoms with Crippen LogP contribution >= 0.6 is 0 Å². The number of phenols is 1. The molecule has 0 aliphatic rings. The molecule has 0 saturated carbocycles. The van der Waals surface area contributed by atoms with E-state index in [1.54, 1.807) is 19.2 Å². The van der Waals surface area contributed by atoms with Gasteiger partial charge in [0, 0.05) is 65.2 Å². The number of hydrogen-bond donors (Lipinski definition) is 1. The van der Waals surface area contributed by atoms with E-state index in [1.807, 2.05) is 36.4 Å². The Morgan fingerprint density at radius 3 is 2.06 bits per heavy atom. The second-order valence-corrected chi connectivity index (χ2v) is 9.43. The van der Waals surface area contributed by atoms with Crippen LogP contribution in [0.3, 0.4) is 0 Å². The van der Waals surface area contributed by atoms with E-state index in [0.717, 1.165) is 53.2 Å². The number of unbranched alkanes of at least 4 members (excludes halogenated alkanes) is 4. The number of methoxy groups -OCH3 is 1. The summed E-state index contributed by atoms with van der Waals surface area (Å²) in [4.78, 5) is 26.1. The minimum Gasteiger partial charge on any atom is -0.508 e. The zero-order valence-corrected chi connectivity index (χ0v) is 21.3. The number of hydrogen-bond acceptors (Lipinski definition) is 4. The third-order valence-corrected chi connectivity index (χ3v) is 6.82. The van der Waals surface area contributed by atoms with E-state index in [4.69, 9.17) is 4.74 Å². The maximum absolute atomic E-state index is 13.2. The van der Waals surface area contributed by atoms with Crippen LogP contribution in [0.5, 0.6) is 5.75 Å². The van der Waals surface area contributed by atoms with E-state index in [0.29, 0.717) is 24.2 Å². The number of benzene rings is 3. The predicted octanol–water partition coefficient (Wildman–Crippen LogP) is 7.31. The minimum atomic E-state index is -0.100. The SMILES string of the molecule is CCCCCCCC(=O)c1ccc2c(c1)c1cc(C(=O)c3ccc(O)cc3)ccc1n2CCCOC. The van der Waals surface area contributed by atoms with Crippen LogP contribution in [0.1, 0.15) is 78.1 Å². The smallest absolute Gasteiger partial charge is 0.193 e. The van der Waals surface area contributed by atoms with E-state index >= 15 is 0 Å².